The Morgan fingerprint density at radius 2 is 1.56 bits per heavy atom. The summed E-state index contributed by atoms with van der Waals surface area (Å²) in [5.41, 5.74) is 2.38. The van der Waals surface area contributed by atoms with E-state index >= 15 is 0 Å². The summed E-state index contributed by atoms with van der Waals surface area (Å²) in [6, 6.07) is 22.2. The van der Waals surface area contributed by atoms with E-state index in [2.05, 4.69) is 0 Å². The summed E-state index contributed by atoms with van der Waals surface area (Å²) < 4.78 is 27.2. The molecule has 0 aromatic heterocycles. The van der Waals surface area contributed by atoms with E-state index in [-0.39, 0.29) is 16.3 Å². The molecule has 3 aromatic carbocycles. The summed E-state index contributed by atoms with van der Waals surface area (Å²) in [6.07, 6.45) is 1.95. The van der Waals surface area contributed by atoms with Gasteiger partial charge in [-0.05, 0) is 48.6 Å². The largest absolute Gasteiger partial charge is 0.502 e. The zero-order valence-corrected chi connectivity index (χ0v) is 19.4. The van der Waals surface area contributed by atoms with Gasteiger partial charge in [0.15, 0.2) is 5.76 Å². The van der Waals surface area contributed by atoms with Gasteiger partial charge in [-0.2, -0.15) is 0 Å². The third kappa shape index (κ3) is 4.06. The molecule has 4 rings (SSSR count). The lowest BCUT2D eigenvalue weighted by Gasteiger charge is -2.27. The maximum Gasteiger partial charge on any atom is 0.290 e. The van der Waals surface area contributed by atoms with Gasteiger partial charge in [-0.15, -0.1) is 11.8 Å². The van der Waals surface area contributed by atoms with Gasteiger partial charge in [-0.3, -0.25) is 4.79 Å². The van der Waals surface area contributed by atoms with Crippen molar-refractivity contribution in [3.63, 3.8) is 0 Å². The fourth-order valence-corrected chi connectivity index (χ4v) is 5.86. The number of nitrogens with zero attached hydrogens (tertiary/aromatic N) is 1. The zero-order chi connectivity index (χ0) is 22.9. The van der Waals surface area contributed by atoms with Crippen molar-refractivity contribution < 1.29 is 18.3 Å². The molecule has 0 saturated heterocycles. The smallest absolute Gasteiger partial charge is 0.290 e. The van der Waals surface area contributed by atoms with Crippen molar-refractivity contribution in [3.8, 4) is 0 Å². The molecule has 0 bridgehead atoms. The van der Waals surface area contributed by atoms with E-state index in [0.717, 1.165) is 16.0 Å². The Balaban J connectivity index is 1.85. The van der Waals surface area contributed by atoms with Crippen LogP contribution < -0.4 is 0 Å². The SMILES string of the molecule is CSc1ccc([C@H]2C(S(=O)(=O)c3ccc(C)cc3)=C(O)C(=O)N2Cc2ccccc2)cc1. The summed E-state index contributed by atoms with van der Waals surface area (Å²) in [6.45, 7) is 2.04. The van der Waals surface area contributed by atoms with Crippen LogP contribution in [-0.4, -0.2) is 30.6 Å². The first-order chi connectivity index (χ1) is 15.3. The van der Waals surface area contributed by atoms with E-state index in [4.69, 9.17) is 0 Å². The monoisotopic (exact) mass is 465 g/mol. The number of benzene rings is 3. The van der Waals surface area contributed by atoms with E-state index in [9.17, 15) is 18.3 Å². The molecule has 0 aliphatic carbocycles. The molecule has 5 nitrogen and oxygen atoms in total. The third-order valence-electron chi connectivity index (χ3n) is 5.50. The minimum atomic E-state index is -4.11. The first kappa shape index (κ1) is 22.2. The molecule has 0 spiro atoms. The van der Waals surface area contributed by atoms with Gasteiger partial charge < -0.3 is 10.0 Å². The molecule has 0 radical (unpaired) electrons. The van der Waals surface area contributed by atoms with Crippen molar-refractivity contribution >= 4 is 27.5 Å². The van der Waals surface area contributed by atoms with E-state index in [0.29, 0.717) is 5.56 Å². The Morgan fingerprint density at radius 3 is 2.16 bits per heavy atom. The van der Waals surface area contributed by atoms with Crippen molar-refractivity contribution in [2.45, 2.75) is 29.3 Å². The Kier molecular flexibility index (Phi) is 6.13. The van der Waals surface area contributed by atoms with Gasteiger partial charge in [0.2, 0.25) is 9.84 Å². The maximum atomic E-state index is 13.6. The van der Waals surface area contributed by atoms with Gasteiger partial charge in [0, 0.05) is 11.4 Å². The molecule has 1 aliphatic heterocycles. The highest BCUT2D eigenvalue weighted by molar-refractivity contribution is 7.98. The molecule has 1 amide bonds. The van der Waals surface area contributed by atoms with Crippen molar-refractivity contribution in [3.05, 3.63) is 106 Å². The van der Waals surface area contributed by atoms with Crippen LogP contribution in [-0.2, 0) is 21.2 Å². The van der Waals surface area contributed by atoms with Crippen LogP contribution >= 0.6 is 11.8 Å². The summed E-state index contributed by atoms with van der Waals surface area (Å²) in [5, 5.41) is 10.8. The van der Waals surface area contributed by atoms with Crippen LogP contribution in [0.2, 0.25) is 0 Å². The number of aliphatic hydroxyl groups excluding tert-OH is 1. The third-order valence-corrected chi connectivity index (χ3v) is 8.14. The fourth-order valence-electron chi connectivity index (χ4n) is 3.81. The molecule has 7 heteroatoms. The standard InChI is InChI=1S/C25H23NO4S2/c1-17-8-14-21(15-9-17)32(29,30)24-22(19-10-12-20(31-2)13-11-19)26(25(28)23(24)27)16-18-6-4-3-5-7-18/h3-15,22,27H,16H2,1-2H3/t22-/m0/s1. The van der Waals surface area contributed by atoms with E-state index < -0.39 is 27.5 Å². The Morgan fingerprint density at radius 1 is 0.938 bits per heavy atom. The minimum absolute atomic E-state index is 0.0461. The number of carbonyl (C=O) groups excluding carboxylic acids is 1. The van der Waals surface area contributed by atoms with Crippen LogP contribution in [0.4, 0.5) is 0 Å². The Hall–Kier alpha value is -3.03. The highest BCUT2D eigenvalue weighted by Crippen LogP contribution is 2.43. The quantitative estimate of drug-likeness (QED) is 0.516. The number of aryl methyl sites for hydroxylation is 1. The van der Waals surface area contributed by atoms with Crippen molar-refractivity contribution in [1.82, 2.24) is 4.90 Å². The molecule has 0 fully saturated rings. The Labute approximate surface area is 192 Å². The van der Waals surface area contributed by atoms with Crippen LogP contribution in [0.1, 0.15) is 22.7 Å². The molecule has 1 aliphatic rings. The second-order valence-electron chi connectivity index (χ2n) is 7.62. The van der Waals surface area contributed by atoms with E-state index in [1.807, 2.05) is 67.8 Å². The molecule has 164 valence electrons. The van der Waals surface area contributed by atoms with Crippen LogP contribution in [0.3, 0.4) is 0 Å². The predicted molar refractivity (Wildman–Crippen MR) is 126 cm³/mol. The van der Waals surface area contributed by atoms with Gasteiger partial charge in [-0.1, -0.05) is 60.2 Å². The first-order valence-electron chi connectivity index (χ1n) is 10.1. The number of rotatable bonds is 6. The van der Waals surface area contributed by atoms with E-state index in [1.54, 1.807) is 23.9 Å². The molecular weight excluding hydrogens is 442 g/mol. The topological polar surface area (TPSA) is 74.7 Å². The summed E-state index contributed by atoms with van der Waals surface area (Å²) in [7, 11) is -4.11. The van der Waals surface area contributed by atoms with Crippen LogP contribution in [0.25, 0.3) is 0 Å². The average Bonchev–Trinajstić information content (AvgIpc) is 3.05. The molecule has 32 heavy (non-hydrogen) atoms. The normalized spacial score (nSPS) is 16.6. The second kappa shape index (κ2) is 8.84. The number of sulfone groups is 1. The molecule has 1 N–H and O–H groups in total. The number of thioether (sulfide) groups is 1. The van der Waals surface area contributed by atoms with Crippen molar-refractivity contribution in [2.24, 2.45) is 0 Å². The number of amides is 1. The van der Waals surface area contributed by atoms with Crippen LogP contribution in [0.5, 0.6) is 0 Å². The second-order valence-corrected chi connectivity index (χ2v) is 10.4. The number of carbonyl (C=O) groups is 1. The molecule has 1 atom stereocenters. The lowest BCUT2D eigenvalue weighted by molar-refractivity contribution is -0.130. The predicted octanol–water partition coefficient (Wildman–Crippen LogP) is 5.04. The molecular formula is C25H23NO4S2. The Bertz CT molecular complexity index is 1270. The lowest BCUT2D eigenvalue weighted by atomic mass is 10.1. The summed E-state index contributed by atoms with van der Waals surface area (Å²) in [5.74, 6) is -1.42. The molecule has 0 saturated carbocycles. The zero-order valence-electron chi connectivity index (χ0n) is 17.7. The van der Waals surface area contributed by atoms with Crippen LogP contribution in [0.15, 0.2) is 99.3 Å². The highest BCUT2D eigenvalue weighted by atomic mass is 32.2. The molecule has 1 heterocycles. The van der Waals surface area contributed by atoms with Crippen molar-refractivity contribution in [1.29, 1.82) is 0 Å². The number of aliphatic hydroxyl groups is 1. The maximum absolute atomic E-state index is 13.6. The molecule has 0 unspecified atom stereocenters. The van der Waals surface area contributed by atoms with Gasteiger partial charge in [-0.25, -0.2) is 8.42 Å². The van der Waals surface area contributed by atoms with Crippen molar-refractivity contribution in [2.75, 3.05) is 6.26 Å². The van der Waals surface area contributed by atoms with Gasteiger partial charge in [0.1, 0.15) is 4.91 Å². The number of hydrogen-bond donors (Lipinski definition) is 1. The van der Waals surface area contributed by atoms with Gasteiger partial charge in [0.25, 0.3) is 5.91 Å². The molecule has 3 aromatic rings. The average molecular weight is 466 g/mol. The van der Waals surface area contributed by atoms with Gasteiger partial charge in [0.05, 0.1) is 10.9 Å². The number of hydrogen-bond acceptors (Lipinski definition) is 5. The lowest BCUT2D eigenvalue weighted by Crippen LogP contribution is -2.30. The summed E-state index contributed by atoms with van der Waals surface area (Å²) >= 11 is 1.57. The summed E-state index contributed by atoms with van der Waals surface area (Å²) in [4.78, 5) is 15.3. The van der Waals surface area contributed by atoms with Gasteiger partial charge >= 0.3 is 0 Å². The van der Waals surface area contributed by atoms with E-state index in [1.165, 1.54) is 17.0 Å². The first-order valence-corrected chi connectivity index (χ1v) is 12.8. The fraction of sp³-hybridized carbons (Fsp3) is 0.160. The minimum Gasteiger partial charge on any atom is -0.502 e. The highest BCUT2D eigenvalue weighted by Gasteiger charge is 2.46. The van der Waals surface area contributed by atoms with Crippen LogP contribution in [0, 0.1) is 6.92 Å².